The number of hydrogen-bond acceptors (Lipinski definition) is 6. The van der Waals surface area contributed by atoms with E-state index < -0.39 is 40.7 Å². The molecule has 0 aliphatic heterocycles. The molecule has 1 amide bonds. The zero-order valence-corrected chi connectivity index (χ0v) is 23.3. The molecule has 0 aliphatic carbocycles. The third-order valence-corrected chi connectivity index (χ3v) is 8.17. The topological polar surface area (TPSA) is 178 Å². The van der Waals surface area contributed by atoms with Crippen molar-refractivity contribution >= 4 is 63.9 Å². The lowest BCUT2D eigenvalue weighted by atomic mass is 10.0. The second-order valence-electron chi connectivity index (χ2n) is 8.47. The van der Waals surface area contributed by atoms with Crippen molar-refractivity contribution in [2.24, 2.45) is 0 Å². The minimum Gasteiger partial charge on any atom is -0.508 e. The Morgan fingerprint density at radius 1 is 1.03 bits per heavy atom. The fourth-order valence-corrected chi connectivity index (χ4v) is 5.70. The number of carboxylic acids is 1. The number of carbonyl (C=O) groups is 2. The van der Waals surface area contributed by atoms with E-state index in [-0.39, 0.29) is 38.2 Å². The Morgan fingerprint density at radius 3 is 2.13 bits per heavy atom. The van der Waals surface area contributed by atoms with Gasteiger partial charge in [-0.15, -0.1) is 0 Å². The van der Waals surface area contributed by atoms with Gasteiger partial charge in [-0.2, -0.15) is 0 Å². The highest BCUT2D eigenvalue weighted by atomic mass is 35.5. The third-order valence-electron chi connectivity index (χ3n) is 5.45. The molecule has 3 rings (SSSR count). The summed E-state index contributed by atoms with van der Waals surface area (Å²) in [5.74, 6) is -2.42. The summed E-state index contributed by atoms with van der Waals surface area (Å²) in [6.07, 6.45) is 1.93. The first-order chi connectivity index (χ1) is 18.1. The molecule has 206 valence electrons. The van der Waals surface area contributed by atoms with E-state index in [4.69, 9.17) is 23.2 Å². The summed E-state index contributed by atoms with van der Waals surface area (Å²) in [7, 11) is -8.43. The zero-order valence-electron chi connectivity index (χ0n) is 20.1. The average molecular weight is 614 g/mol. The van der Waals surface area contributed by atoms with Crippen molar-refractivity contribution in [2.75, 3.05) is 6.26 Å². The van der Waals surface area contributed by atoms with Gasteiger partial charge in [0, 0.05) is 12.7 Å². The number of aliphatic carboxylic acids is 1. The van der Waals surface area contributed by atoms with Crippen LogP contribution in [-0.2, 0) is 25.6 Å². The van der Waals surface area contributed by atoms with Crippen LogP contribution in [0.4, 0.5) is 0 Å². The minimum absolute atomic E-state index is 0.0154. The highest BCUT2D eigenvalue weighted by Gasteiger charge is 2.28. The number of sulfone groups is 1. The first-order valence-electron chi connectivity index (χ1n) is 10.9. The van der Waals surface area contributed by atoms with E-state index in [1.165, 1.54) is 54.6 Å². The predicted molar refractivity (Wildman–Crippen MR) is 147 cm³/mol. The lowest BCUT2D eigenvalue weighted by Gasteiger charge is -2.17. The molecule has 14 heteroatoms. The molecule has 3 aromatic rings. The molecule has 0 fully saturated rings. The lowest BCUT2D eigenvalue weighted by molar-refractivity contribution is -0.139. The Labute approximate surface area is 233 Å². The molecule has 39 heavy (non-hydrogen) atoms. The molecule has 1 atom stereocenters. The quantitative estimate of drug-likeness (QED) is 0.175. The van der Waals surface area contributed by atoms with E-state index in [2.05, 4.69) is 5.32 Å². The summed E-state index contributed by atoms with van der Waals surface area (Å²) < 4.78 is 35.9. The molecule has 0 bridgehead atoms. The molecule has 1 unspecified atom stereocenters. The van der Waals surface area contributed by atoms with Crippen LogP contribution in [-0.4, -0.2) is 52.6 Å². The highest BCUT2D eigenvalue weighted by molar-refractivity contribution is 7.90. The van der Waals surface area contributed by atoms with Gasteiger partial charge in [0.15, 0.2) is 9.84 Å². The van der Waals surface area contributed by atoms with Gasteiger partial charge in [0.1, 0.15) is 11.8 Å². The maximum atomic E-state index is 13.0. The largest absolute Gasteiger partial charge is 0.508 e. The average Bonchev–Trinajstić information content (AvgIpc) is 2.81. The molecule has 10 nitrogen and oxygen atoms in total. The molecule has 0 aliphatic rings. The summed E-state index contributed by atoms with van der Waals surface area (Å²) in [5.41, 5.74) is 0.275. The first kappa shape index (κ1) is 30.4. The number of rotatable bonds is 9. The van der Waals surface area contributed by atoms with E-state index in [1.807, 2.05) is 0 Å². The molecular formula is C25H22Cl2NO9PS. The molecule has 5 N–H and O–H groups in total. The molecular weight excluding hydrogens is 592 g/mol. The van der Waals surface area contributed by atoms with Crippen LogP contribution in [0.5, 0.6) is 5.75 Å². The van der Waals surface area contributed by atoms with Crippen LogP contribution in [0.2, 0.25) is 10.0 Å². The molecule has 0 saturated carbocycles. The van der Waals surface area contributed by atoms with Crippen LogP contribution >= 0.6 is 30.8 Å². The van der Waals surface area contributed by atoms with Crippen molar-refractivity contribution in [3.05, 3.63) is 93.0 Å². The van der Waals surface area contributed by atoms with E-state index in [0.29, 0.717) is 11.1 Å². The Bertz CT molecular complexity index is 1590. The SMILES string of the molecule is CS(=O)(=O)c1cccc(CC(NC(=O)c2c(Cl)cc(C(=Cc3ccc(O)cc3)P(=O)(O)O)cc2Cl)C(=O)O)c1. The van der Waals surface area contributed by atoms with Crippen molar-refractivity contribution < 1.29 is 42.6 Å². The Hall–Kier alpha value is -3.18. The summed E-state index contributed by atoms with van der Waals surface area (Å²) in [5, 5.41) is 20.3. The van der Waals surface area contributed by atoms with Gasteiger partial charge in [0.25, 0.3) is 5.91 Å². The number of phenols is 1. The molecule has 0 saturated heterocycles. The van der Waals surface area contributed by atoms with E-state index >= 15 is 0 Å². The van der Waals surface area contributed by atoms with Gasteiger partial charge in [0.2, 0.25) is 0 Å². The number of nitrogens with one attached hydrogen (secondary N) is 1. The van der Waals surface area contributed by atoms with Crippen LogP contribution in [0.1, 0.15) is 27.0 Å². The second-order valence-corrected chi connectivity index (χ2v) is 12.9. The van der Waals surface area contributed by atoms with Crippen LogP contribution in [0.3, 0.4) is 0 Å². The van der Waals surface area contributed by atoms with Crippen LogP contribution < -0.4 is 5.32 Å². The summed E-state index contributed by atoms with van der Waals surface area (Å²) in [6.45, 7) is 0. The minimum atomic E-state index is -4.88. The molecule has 0 heterocycles. The van der Waals surface area contributed by atoms with Crippen molar-refractivity contribution in [3.8, 4) is 5.75 Å². The lowest BCUT2D eigenvalue weighted by Crippen LogP contribution is -2.42. The molecule has 0 spiro atoms. The van der Waals surface area contributed by atoms with Gasteiger partial charge in [0.05, 0.1) is 25.8 Å². The van der Waals surface area contributed by atoms with Gasteiger partial charge >= 0.3 is 13.6 Å². The van der Waals surface area contributed by atoms with Gasteiger partial charge in [-0.05, 0) is 59.2 Å². The number of carbonyl (C=O) groups excluding carboxylic acids is 1. The van der Waals surface area contributed by atoms with E-state index in [9.17, 15) is 42.6 Å². The van der Waals surface area contributed by atoms with Crippen LogP contribution in [0.25, 0.3) is 11.4 Å². The van der Waals surface area contributed by atoms with E-state index in [0.717, 1.165) is 18.4 Å². The fraction of sp³-hybridized carbons (Fsp3) is 0.120. The number of carboxylic acid groups (broad SMARTS) is 1. The summed E-state index contributed by atoms with van der Waals surface area (Å²) in [6, 6.07) is 11.9. The van der Waals surface area contributed by atoms with E-state index in [1.54, 1.807) is 0 Å². The molecule has 0 radical (unpaired) electrons. The summed E-state index contributed by atoms with van der Waals surface area (Å²) in [4.78, 5) is 44.7. The van der Waals surface area contributed by atoms with Crippen LogP contribution in [0, 0.1) is 0 Å². The first-order valence-corrected chi connectivity index (χ1v) is 15.2. The van der Waals surface area contributed by atoms with Gasteiger partial charge in [-0.25, -0.2) is 13.2 Å². The van der Waals surface area contributed by atoms with Gasteiger partial charge in [-0.3, -0.25) is 9.36 Å². The zero-order chi connectivity index (χ0) is 29.1. The van der Waals surface area contributed by atoms with Crippen molar-refractivity contribution in [1.82, 2.24) is 5.32 Å². The number of hydrogen-bond donors (Lipinski definition) is 5. The number of benzene rings is 3. The third kappa shape index (κ3) is 7.92. The number of halogens is 2. The van der Waals surface area contributed by atoms with Crippen molar-refractivity contribution in [1.29, 1.82) is 0 Å². The number of aromatic hydroxyl groups is 1. The Kier molecular flexibility index (Phi) is 9.27. The Morgan fingerprint density at radius 2 is 1.62 bits per heavy atom. The number of amides is 1. The van der Waals surface area contributed by atoms with Crippen LogP contribution in [0.15, 0.2) is 65.6 Å². The van der Waals surface area contributed by atoms with Gasteiger partial charge < -0.3 is 25.3 Å². The summed E-state index contributed by atoms with van der Waals surface area (Å²) >= 11 is 12.5. The Balaban J connectivity index is 1.93. The number of phenolic OH excluding ortho intramolecular Hbond substituents is 1. The fourth-order valence-electron chi connectivity index (χ4n) is 3.57. The maximum absolute atomic E-state index is 13.0. The monoisotopic (exact) mass is 613 g/mol. The second kappa shape index (κ2) is 11.9. The molecule has 0 aromatic heterocycles. The van der Waals surface area contributed by atoms with Crippen molar-refractivity contribution in [2.45, 2.75) is 17.4 Å². The normalized spacial score (nSPS) is 13.1. The maximum Gasteiger partial charge on any atom is 0.356 e. The molecule has 3 aromatic carbocycles. The standard InChI is InChI=1S/C25H22Cl2NO9PS/c1-39(36,37)18-4-2-3-15(9-18)10-21(25(31)32)28-24(30)23-19(26)12-16(13-20(23)27)22(38(33,34)35)11-14-5-7-17(29)8-6-14/h2-9,11-13,21,29H,10H2,1H3,(H,28,30)(H,31,32)(H2,33,34,35). The van der Waals surface area contributed by atoms with Crippen molar-refractivity contribution in [3.63, 3.8) is 0 Å². The highest BCUT2D eigenvalue weighted by Crippen LogP contribution is 2.53. The predicted octanol–water partition coefficient (Wildman–Crippen LogP) is 4.20. The smallest absolute Gasteiger partial charge is 0.356 e. The van der Waals surface area contributed by atoms with Gasteiger partial charge in [-0.1, -0.05) is 47.5 Å².